The van der Waals surface area contributed by atoms with E-state index in [1.807, 2.05) is 6.92 Å². The van der Waals surface area contributed by atoms with Crippen molar-refractivity contribution in [1.82, 2.24) is 20.5 Å². The van der Waals surface area contributed by atoms with Crippen molar-refractivity contribution >= 4 is 28.6 Å². The molecule has 0 bridgehead atoms. The molecule has 2 heterocycles. The summed E-state index contributed by atoms with van der Waals surface area (Å²) in [5.74, 6) is 1.30. The van der Waals surface area contributed by atoms with Gasteiger partial charge in [-0.25, -0.2) is 9.78 Å². The van der Waals surface area contributed by atoms with E-state index in [0.29, 0.717) is 11.9 Å². The zero-order valence-corrected chi connectivity index (χ0v) is 12.1. The van der Waals surface area contributed by atoms with Gasteiger partial charge in [-0.1, -0.05) is 12.8 Å². The Balaban J connectivity index is 1.67. The highest BCUT2D eigenvalue weighted by atomic mass is 16.2. The second kappa shape index (κ2) is 5.99. The number of nitrogens with zero attached hydrogens (tertiary/aromatic N) is 2. The lowest BCUT2D eigenvalue weighted by Crippen LogP contribution is -2.36. The number of pyridine rings is 1. The first-order valence-electron chi connectivity index (χ1n) is 7.42. The first-order chi connectivity index (χ1) is 10.3. The van der Waals surface area contributed by atoms with Crippen LogP contribution in [0.1, 0.15) is 32.6 Å². The lowest BCUT2D eigenvalue weighted by Gasteiger charge is -2.12. The fourth-order valence-electron chi connectivity index (χ4n) is 2.69. The maximum atomic E-state index is 11.9. The number of fused-ring (bicyclic) bond motifs is 1. The van der Waals surface area contributed by atoms with E-state index in [1.165, 1.54) is 12.8 Å². The van der Waals surface area contributed by atoms with Gasteiger partial charge in [0.25, 0.3) is 0 Å². The van der Waals surface area contributed by atoms with E-state index in [9.17, 15) is 4.79 Å². The highest BCUT2D eigenvalue weighted by Gasteiger charge is 2.17. The van der Waals surface area contributed by atoms with Crippen LogP contribution in [-0.4, -0.2) is 33.8 Å². The van der Waals surface area contributed by atoms with Crippen LogP contribution in [0.3, 0.4) is 0 Å². The number of carbonyl (C=O) groups is 1. The molecule has 0 unspecified atom stereocenters. The van der Waals surface area contributed by atoms with Gasteiger partial charge >= 0.3 is 6.03 Å². The molecule has 7 nitrogen and oxygen atoms in total. The third-order valence-corrected chi connectivity index (χ3v) is 3.72. The number of nitrogens with one attached hydrogen (secondary N) is 4. The van der Waals surface area contributed by atoms with Crippen molar-refractivity contribution < 1.29 is 4.79 Å². The molecule has 112 valence electrons. The first kappa shape index (κ1) is 13.7. The summed E-state index contributed by atoms with van der Waals surface area (Å²) in [4.78, 5) is 16.2. The molecule has 0 aromatic carbocycles. The smallest absolute Gasteiger partial charge is 0.320 e. The minimum Gasteiger partial charge on any atom is -0.368 e. The molecule has 2 aromatic rings. The van der Waals surface area contributed by atoms with Gasteiger partial charge in [-0.05, 0) is 19.8 Å². The summed E-state index contributed by atoms with van der Waals surface area (Å²) in [6.45, 7) is 2.81. The Labute approximate surface area is 122 Å². The maximum absolute atomic E-state index is 11.9. The lowest BCUT2D eigenvalue weighted by molar-refractivity contribution is 0.248. The van der Waals surface area contributed by atoms with Crippen LogP contribution < -0.4 is 16.0 Å². The van der Waals surface area contributed by atoms with Crippen LogP contribution in [0.15, 0.2) is 12.3 Å². The number of anilines is 2. The Morgan fingerprint density at radius 2 is 2.24 bits per heavy atom. The summed E-state index contributed by atoms with van der Waals surface area (Å²) in [7, 11) is 0. The predicted octanol–water partition coefficient (Wildman–Crippen LogP) is 2.45. The second-order valence-corrected chi connectivity index (χ2v) is 5.30. The topological polar surface area (TPSA) is 94.7 Å². The molecule has 1 aliphatic carbocycles. The minimum absolute atomic E-state index is 0.194. The van der Waals surface area contributed by atoms with Crippen LogP contribution in [0.25, 0.3) is 10.9 Å². The molecule has 3 rings (SSSR count). The van der Waals surface area contributed by atoms with Crippen LogP contribution in [0, 0.1) is 0 Å². The highest BCUT2D eigenvalue weighted by molar-refractivity contribution is 5.94. The van der Waals surface area contributed by atoms with Crippen molar-refractivity contribution in [2.45, 2.75) is 38.6 Å². The van der Waals surface area contributed by atoms with Gasteiger partial charge in [0.05, 0.1) is 10.9 Å². The molecular weight excluding hydrogens is 268 g/mol. The van der Waals surface area contributed by atoms with Crippen molar-refractivity contribution in [2.75, 3.05) is 17.2 Å². The summed E-state index contributed by atoms with van der Waals surface area (Å²) < 4.78 is 0. The molecule has 1 aliphatic rings. The fourth-order valence-corrected chi connectivity index (χ4v) is 2.69. The number of H-pyrrole nitrogens is 1. The monoisotopic (exact) mass is 288 g/mol. The Hall–Kier alpha value is -2.31. The van der Waals surface area contributed by atoms with Crippen LogP contribution in [0.5, 0.6) is 0 Å². The van der Waals surface area contributed by atoms with Gasteiger partial charge in [-0.2, -0.15) is 5.10 Å². The van der Waals surface area contributed by atoms with Crippen LogP contribution in [0.2, 0.25) is 0 Å². The number of rotatable bonds is 4. The van der Waals surface area contributed by atoms with Gasteiger partial charge in [0.2, 0.25) is 0 Å². The molecule has 0 spiro atoms. The molecular formula is C14H20N6O. The first-order valence-corrected chi connectivity index (χ1v) is 7.42. The lowest BCUT2D eigenvalue weighted by atomic mass is 10.2. The number of carbonyl (C=O) groups excluding carboxylic acids is 1. The van der Waals surface area contributed by atoms with Crippen molar-refractivity contribution in [1.29, 1.82) is 0 Å². The molecule has 1 saturated carbocycles. The Morgan fingerprint density at radius 3 is 3.00 bits per heavy atom. The van der Waals surface area contributed by atoms with E-state index in [0.717, 1.165) is 36.1 Å². The Kier molecular flexibility index (Phi) is 3.89. The molecule has 4 N–H and O–H groups in total. The number of amides is 2. The third kappa shape index (κ3) is 3.07. The van der Waals surface area contributed by atoms with Gasteiger partial charge < -0.3 is 10.6 Å². The van der Waals surface area contributed by atoms with Crippen LogP contribution >= 0.6 is 0 Å². The van der Waals surface area contributed by atoms with E-state index in [2.05, 4.69) is 31.1 Å². The largest absolute Gasteiger partial charge is 0.368 e. The van der Waals surface area contributed by atoms with Gasteiger partial charge in [0, 0.05) is 24.8 Å². The Morgan fingerprint density at radius 1 is 1.43 bits per heavy atom. The summed E-state index contributed by atoms with van der Waals surface area (Å²) >= 11 is 0. The average Bonchev–Trinajstić information content (AvgIpc) is 3.09. The molecule has 0 atom stereocenters. The van der Waals surface area contributed by atoms with Crippen LogP contribution in [-0.2, 0) is 0 Å². The van der Waals surface area contributed by atoms with Gasteiger partial charge in [0.1, 0.15) is 5.82 Å². The number of hydrogen-bond donors (Lipinski definition) is 4. The minimum atomic E-state index is -0.194. The van der Waals surface area contributed by atoms with E-state index in [-0.39, 0.29) is 6.03 Å². The van der Waals surface area contributed by atoms with E-state index in [1.54, 1.807) is 12.3 Å². The fraction of sp³-hybridized carbons (Fsp3) is 0.500. The van der Waals surface area contributed by atoms with Crippen molar-refractivity contribution in [3.8, 4) is 0 Å². The highest BCUT2D eigenvalue weighted by Crippen LogP contribution is 2.21. The van der Waals surface area contributed by atoms with E-state index >= 15 is 0 Å². The zero-order chi connectivity index (χ0) is 14.7. The molecule has 0 radical (unpaired) electrons. The normalized spacial score (nSPS) is 15.3. The summed E-state index contributed by atoms with van der Waals surface area (Å²) in [5.41, 5.74) is 0.845. The molecule has 0 saturated heterocycles. The van der Waals surface area contributed by atoms with Gasteiger partial charge in [-0.15, -0.1) is 0 Å². The zero-order valence-electron chi connectivity index (χ0n) is 12.1. The Bertz CT molecular complexity index is 631. The molecule has 2 amide bonds. The quantitative estimate of drug-likeness (QED) is 0.695. The average molecular weight is 288 g/mol. The molecule has 1 fully saturated rings. The summed E-state index contributed by atoms with van der Waals surface area (Å²) in [5, 5.41) is 16.9. The van der Waals surface area contributed by atoms with Crippen molar-refractivity contribution in [2.24, 2.45) is 0 Å². The van der Waals surface area contributed by atoms with Gasteiger partial charge in [-0.3, -0.25) is 10.4 Å². The second-order valence-electron chi connectivity index (χ2n) is 5.30. The van der Waals surface area contributed by atoms with Crippen LogP contribution in [0.4, 0.5) is 16.4 Å². The maximum Gasteiger partial charge on any atom is 0.320 e. The molecule has 7 heteroatoms. The third-order valence-electron chi connectivity index (χ3n) is 3.72. The number of aromatic amines is 1. The van der Waals surface area contributed by atoms with Crippen molar-refractivity contribution in [3.63, 3.8) is 0 Å². The molecule has 2 aromatic heterocycles. The number of aromatic nitrogens is 3. The standard InChI is InChI=1S/C14H20N6O/c1-2-15-13-10-8-16-12(7-11(10)19-20-13)18-14(21)17-9-5-3-4-6-9/h7-9H,2-6H2,1H3,(H2,15,19,20)(H2,16,17,18,21). The summed E-state index contributed by atoms with van der Waals surface area (Å²) in [6.07, 6.45) is 6.22. The van der Waals surface area contributed by atoms with E-state index in [4.69, 9.17) is 0 Å². The van der Waals surface area contributed by atoms with Crippen molar-refractivity contribution in [3.05, 3.63) is 12.3 Å². The SMILES string of the molecule is CCNc1n[nH]c2cc(NC(=O)NC3CCCC3)ncc12. The number of hydrogen-bond acceptors (Lipinski definition) is 4. The predicted molar refractivity (Wildman–Crippen MR) is 82.5 cm³/mol. The molecule has 0 aliphatic heterocycles. The van der Waals surface area contributed by atoms with Gasteiger partial charge in [0.15, 0.2) is 5.82 Å². The molecule has 21 heavy (non-hydrogen) atoms. The summed E-state index contributed by atoms with van der Waals surface area (Å²) in [6, 6.07) is 1.89. The van der Waals surface area contributed by atoms with E-state index < -0.39 is 0 Å². The number of urea groups is 1.